The lowest BCUT2D eigenvalue weighted by Gasteiger charge is -2.21. The van der Waals surface area contributed by atoms with Crippen LogP contribution in [0, 0.1) is 10.1 Å². The number of pyridine rings is 1. The van der Waals surface area contributed by atoms with E-state index in [2.05, 4.69) is 10.3 Å². The fourth-order valence-electron chi connectivity index (χ4n) is 1.34. The topological polar surface area (TPSA) is 88.3 Å². The van der Waals surface area contributed by atoms with Crippen LogP contribution in [0.2, 0.25) is 0 Å². The van der Waals surface area contributed by atoms with Gasteiger partial charge < -0.3 is 10.4 Å². The lowest BCUT2D eigenvalue weighted by Crippen LogP contribution is -2.31. The molecule has 17 heavy (non-hydrogen) atoms. The molecule has 0 spiro atoms. The van der Waals surface area contributed by atoms with E-state index in [1.54, 1.807) is 17.8 Å². The zero-order valence-electron chi connectivity index (χ0n) is 9.66. The molecule has 0 saturated carbocycles. The summed E-state index contributed by atoms with van der Waals surface area (Å²) < 4.78 is 0. The predicted octanol–water partition coefficient (Wildman–Crippen LogP) is 1.51. The van der Waals surface area contributed by atoms with E-state index in [0.29, 0.717) is 5.82 Å². The number of aliphatic hydroxyl groups excluding tert-OH is 1. The van der Waals surface area contributed by atoms with Gasteiger partial charge in [-0.05, 0) is 19.2 Å². The number of nitro groups is 1. The van der Waals surface area contributed by atoms with Crippen LogP contribution < -0.4 is 5.32 Å². The number of aromatic nitrogens is 1. The molecular formula is C10H15N3O3S. The number of nitrogens with zero attached hydrogens (tertiary/aromatic N) is 2. The molecule has 2 unspecified atom stereocenters. The van der Waals surface area contributed by atoms with Gasteiger partial charge in [-0.25, -0.2) is 4.98 Å². The second-order valence-corrected chi connectivity index (χ2v) is 4.63. The third-order valence-electron chi connectivity index (χ3n) is 2.37. The van der Waals surface area contributed by atoms with Crippen LogP contribution >= 0.6 is 11.8 Å². The van der Waals surface area contributed by atoms with Gasteiger partial charge >= 0.3 is 0 Å². The zero-order chi connectivity index (χ0) is 12.8. The van der Waals surface area contributed by atoms with Crippen LogP contribution in [0.4, 0.5) is 11.5 Å². The molecule has 0 saturated heterocycles. The summed E-state index contributed by atoms with van der Waals surface area (Å²) >= 11 is 1.56. The van der Waals surface area contributed by atoms with Crippen molar-refractivity contribution in [1.29, 1.82) is 0 Å². The third kappa shape index (κ3) is 3.86. The van der Waals surface area contributed by atoms with Crippen LogP contribution in [0.1, 0.15) is 6.92 Å². The molecule has 94 valence electrons. The number of thioether (sulfide) groups is 1. The minimum absolute atomic E-state index is 0.0314. The van der Waals surface area contributed by atoms with E-state index < -0.39 is 4.92 Å². The van der Waals surface area contributed by atoms with Crippen LogP contribution in [0.25, 0.3) is 0 Å². The van der Waals surface area contributed by atoms with Crippen LogP contribution in [-0.4, -0.2) is 39.2 Å². The van der Waals surface area contributed by atoms with Gasteiger partial charge in [-0.15, -0.1) is 0 Å². The molecule has 1 heterocycles. The van der Waals surface area contributed by atoms with Gasteiger partial charge in [0.1, 0.15) is 12.0 Å². The molecule has 0 aliphatic carbocycles. The summed E-state index contributed by atoms with van der Waals surface area (Å²) in [5.41, 5.74) is -0.0354. The predicted molar refractivity (Wildman–Crippen MR) is 68.4 cm³/mol. The van der Waals surface area contributed by atoms with E-state index in [-0.39, 0.29) is 23.6 Å². The highest BCUT2D eigenvalue weighted by atomic mass is 32.2. The number of nitrogens with one attached hydrogen (secondary N) is 1. The van der Waals surface area contributed by atoms with Crippen molar-refractivity contribution in [3.05, 3.63) is 28.4 Å². The Labute approximate surface area is 104 Å². The minimum Gasteiger partial charge on any atom is -0.395 e. The lowest BCUT2D eigenvalue weighted by atomic mass is 10.2. The fourth-order valence-corrected chi connectivity index (χ4v) is 1.97. The average Bonchev–Trinajstić information content (AvgIpc) is 2.31. The maximum absolute atomic E-state index is 10.4. The molecule has 0 radical (unpaired) electrons. The summed E-state index contributed by atoms with van der Waals surface area (Å²) in [6, 6.07) is 2.99. The Hall–Kier alpha value is -1.34. The number of hydrogen-bond donors (Lipinski definition) is 2. The largest absolute Gasteiger partial charge is 0.395 e. The van der Waals surface area contributed by atoms with E-state index in [0.717, 1.165) is 0 Å². The molecule has 0 aliphatic heterocycles. The monoisotopic (exact) mass is 257 g/mol. The fraction of sp³-hybridized carbons (Fsp3) is 0.500. The summed E-state index contributed by atoms with van der Waals surface area (Å²) in [7, 11) is 0. The van der Waals surface area contributed by atoms with Crippen LogP contribution in [0.15, 0.2) is 18.3 Å². The van der Waals surface area contributed by atoms with Crippen LogP contribution in [-0.2, 0) is 0 Å². The molecule has 1 aromatic heterocycles. The smallest absolute Gasteiger partial charge is 0.287 e. The Balaban J connectivity index is 2.65. The van der Waals surface area contributed by atoms with E-state index >= 15 is 0 Å². The first kappa shape index (κ1) is 13.7. The van der Waals surface area contributed by atoms with Crippen molar-refractivity contribution in [2.24, 2.45) is 0 Å². The van der Waals surface area contributed by atoms with Gasteiger partial charge in [0, 0.05) is 17.4 Å². The summed E-state index contributed by atoms with van der Waals surface area (Å²) in [4.78, 5) is 13.9. The zero-order valence-corrected chi connectivity index (χ0v) is 10.5. The Kier molecular flexibility index (Phi) is 5.17. The minimum atomic E-state index is -0.487. The molecule has 1 rings (SSSR count). The molecule has 6 nitrogen and oxygen atoms in total. The maximum Gasteiger partial charge on any atom is 0.287 e. The van der Waals surface area contributed by atoms with E-state index in [1.165, 1.54) is 12.3 Å². The summed E-state index contributed by atoms with van der Waals surface area (Å²) in [6.45, 7) is 2.00. The van der Waals surface area contributed by atoms with Gasteiger partial charge in [0.25, 0.3) is 5.69 Å². The maximum atomic E-state index is 10.4. The first-order chi connectivity index (χ1) is 8.08. The van der Waals surface area contributed by atoms with E-state index in [4.69, 9.17) is 5.11 Å². The first-order valence-electron chi connectivity index (χ1n) is 5.09. The Bertz CT molecular complexity index is 368. The van der Waals surface area contributed by atoms with Gasteiger partial charge in [-0.2, -0.15) is 11.8 Å². The molecule has 0 bridgehead atoms. The molecule has 2 N–H and O–H groups in total. The first-order valence-corrected chi connectivity index (χ1v) is 6.38. The third-order valence-corrected chi connectivity index (χ3v) is 3.54. The highest BCUT2D eigenvalue weighted by Gasteiger charge is 2.15. The van der Waals surface area contributed by atoms with Crippen molar-refractivity contribution in [1.82, 2.24) is 4.98 Å². The molecule has 0 fully saturated rings. The highest BCUT2D eigenvalue weighted by Crippen LogP contribution is 2.16. The Morgan fingerprint density at radius 3 is 2.76 bits per heavy atom. The molecule has 2 atom stereocenters. The number of hydrogen-bond acceptors (Lipinski definition) is 6. The van der Waals surface area contributed by atoms with E-state index in [1.807, 2.05) is 13.2 Å². The molecule has 7 heteroatoms. The van der Waals surface area contributed by atoms with Crippen molar-refractivity contribution in [3.63, 3.8) is 0 Å². The summed E-state index contributed by atoms with van der Waals surface area (Å²) in [5.74, 6) is 0.565. The van der Waals surface area contributed by atoms with Gasteiger partial charge in [-0.1, -0.05) is 0 Å². The summed E-state index contributed by atoms with van der Waals surface area (Å²) in [5, 5.41) is 22.7. The Morgan fingerprint density at radius 2 is 2.35 bits per heavy atom. The van der Waals surface area contributed by atoms with Gasteiger partial charge in [0.05, 0.1) is 11.5 Å². The van der Waals surface area contributed by atoms with Gasteiger partial charge in [0.2, 0.25) is 0 Å². The van der Waals surface area contributed by atoms with Crippen molar-refractivity contribution >= 4 is 23.3 Å². The number of anilines is 1. The standard InChI is InChI=1S/C10H15N3O3S/c1-7(9(6-14)17-2)12-10-4-3-8(5-11-10)13(15)16/h3-5,7,9,14H,6H2,1-2H3,(H,11,12). The quantitative estimate of drug-likeness (QED) is 0.593. The van der Waals surface area contributed by atoms with Gasteiger partial charge in [0.15, 0.2) is 0 Å². The molecule has 0 aliphatic rings. The van der Waals surface area contributed by atoms with Crippen LogP contribution in [0.3, 0.4) is 0 Å². The summed E-state index contributed by atoms with van der Waals surface area (Å²) in [6.07, 6.45) is 3.13. The number of rotatable bonds is 6. The van der Waals surface area contributed by atoms with Crippen molar-refractivity contribution in [2.75, 3.05) is 18.2 Å². The van der Waals surface area contributed by atoms with E-state index in [9.17, 15) is 10.1 Å². The molecule has 1 aromatic rings. The van der Waals surface area contributed by atoms with Gasteiger partial charge in [-0.3, -0.25) is 10.1 Å². The SMILES string of the molecule is CSC(CO)C(C)Nc1ccc([N+](=O)[O-])cn1. The highest BCUT2D eigenvalue weighted by molar-refractivity contribution is 7.99. The van der Waals surface area contributed by atoms with Crippen LogP contribution in [0.5, 0.6) is 0 Å². The lowest BCUT2D eigenvalue weighted by molar-refractivity contribution is -0.385. The van der Waals surface area contributed by atoms with Crippen molar-refractivity contribution in [2.45, 2.75) is 18.2 Å². The van der Waals surface area contributed by atoms with Crippen molar-refractivity contribution in [3.8, 4) is 0 Å². The molecule has 0 amide bonds. The van der Waals surface area contributed by atoms with Crippen molar-refractivity contribution < 1.29 is 10.0 Å². The second-order valence-electron chi connectivity index (χ2n) is 3.55. The molecular weight excluding hydrogens is 242 g/mol. The number of aliphatic hydroxyl groups is 1. The molecule has 0 aromatic carbocycles. The normalized spacial score (nSPS) is 14.1. The average molecular weight is 257 g/mol. The second kappa shape index (κ2) is 6.41. The Morgan fingerprint density at radius 1 is 1.65 bits per heavy atom.